The van der Waals surface area contributed by atoms with Crippen molar-refractivity contribution in [2.75, 3.05) is 24.3 Å². The Morgan fingerprint density at radius 1 is 1.00 bits per heavy atom. The molecule has 2 aromatic rings. The molecule has 1 heterocycles. The minimum absolute atomic E-state index is 0.0235. The Balaban J connectivity index is 1.68. The topological polar surface area (TPSA) is 72.6 Å². The molecule has 5 nitrogen and oxygen atoms in total. The Kier molecular flexibility index (Phi) is 5.14. The van der Waals surface area contributed by atoms with E-state index in [0.29, 0.717) is 17.8 Å². The number of aryl methyl sites for hydroxylation is 1. The molecule has 1 aliphatic heterocycles. The van der Waals surface area contributed by atoms with Gasteiger partial charge in [0.05, 0.1) is 7.11 Å². The number of hydrogen-bond donors (Lipinski definition) is 1. The molecule has 0 bridgehead atoms. The highest BCUT2D eigenvalue weighted by Gasteiger charge is 2.37. The highest BCUT2D eigenvalue weighted by Crippen LogP contribution is 2.45. The number of amides is 1. The summed E-state index contributed by atoms with van der Waals surface area (Å²) in [4.78, 5) is 27.2. The number of methoxy groups -OCH3 is 1. The average Bonchev–Trinajstić information content (AvgIpc) is 3.16. The fourth-order valence-electron chi connectivity index (χ4n) is 4.53. The average molecular weight is 390 g/mol. The van der Waals surface area contributed by atoms with E-state index in [9.17, 15) is 9.59 Å². The van der Waals surface area contributed by atoms with Crippen molar-refractivity contribution in [1.29, 1.82) is 0 Å². The largest absolute Gasteiger partial charge is 0.466 e. The molecule has 150 valence electrons. The van der Waals surface area contributed by atoms with Gasteiger partial charge in [-0.15, -0.1) is 0 Å². The van der Waals surface area contributed by atoms with Crippen LogP contribution in [-0.2, 0) is 16.0 Å². The van der Waals surface area contributed by atoms with E-state index in [1.165, 1.54) is 7.11 Å². The van der Waals surface area contributed by atoms with Gasteiger partial charge in [0.25, 0.3) is 5.91 Å². The first-order valence-corrected chi connectivity index (χ1v) is 10.1. The van der Waals surface area contributed by atoms with Gasteiger partial charge in [-0.3, -0.25) is 4.79 Å². The summed E-state index contributed by atoms with van der Waals surface area (Å²) in [6.07, 6.45) is 6.42. The second-order valence-electron chi connectivity index (χ2n) is 7.98. The van der Waals surface area contributed by atoms with Crippen molar-refractivity contribution in [3.63, 3.8) is 0 Å². The molecule has 29 heavy (non-hydrogen) atoms. The van der Waals surface area contributed by atoms with E-state index in [0.717, 1.165) is 48.9 Å². The Morgan fingerprint density at radius 2 is 1.72 bits per heavy atom. The molecule has 0 fully saturated rings. The van der Waals surface area contributed by atoms with Crippen molar-refractivity contribution in [3.8, 4) is 0 Å². The van der Waals surface area contributed by atoms with Crippen molar-refractivity contribution in [1.82, 2.24) is 0 Å². The van der Waals surface area contributed by atoms with Crippen LogP contribution in [-0.4, -0.2) is 25.5 Å². The number of nitrogens with zero attached hydrogens (tertiary/aromatic N) is 1. The van der Waals surface area contributed by atoms with Gasteiger partial charge >= 0.3 is 5.97 Å². The molecule has 0 aromatic heterocycles. The van der Waals surface area contributed by atoms with Gasteiger partial charge in [-0.2, -0.15) is 0 Å². The number of para-hydroxylation sites is 1. The van der Waals surface area contributed by atoms with E-state index >= 15 is 0 Å². The summed E-state index contributed by atoms with van der Waals surface area (Å²) >= 11 is 0. The third-order valence-corrected chi connectivity index (χ3v) is 6.23. The number of esters is 1. The summed E-state index contributed by atoms with van der Waals surface area (Å²) < 4.78 is 4.93. The van der Waals surface area contributed by atoms with E-state index in [1.54, 1.807) is 24.3 Å². The fraction of sp³-hybridized carbons (Fsp3) is 0.333. The van der Waals surface area contributed by atoms with Crippen LogP contribution in [0.2, 0.25) is 0 Å². The maximum absolute atomic E-state index is 13.4. The molecule has 1 spiro atoms. The van der Waals surface area contributed by atoms with E-state index in [2.05, 4.69) is 12.1 Å². The summed E-state index contributed by atoms with van der Waals surface area (Å²) in [5, 5.41) is 0. The van der Waals surface area contributed by atoms with Crippen LogP contribution < -0.4 is 10.6 Å². The van der Waals surface area contributed by atoms with Crippen LogP contribution in [0.1, 0.15) is 41.6 Å². The molecule has 5 heteroatoms. The SMILES string of the molecule is COC(=O)C1=CC2(CC1)CCc1ccccc1N(C(=O)c1ccc(N)cc1)CC2. The summed E-state index contributed by atoms with van der Waals surface area (Å²) in [5.41, 5.74) is 9.87. The number of nitrogen functional groups attached to an aromatic ring is 1. The third kappa shape index (κ3) is 3.77. The Labute approximate surface area is 171 Å². The van der Waals surface area contributed by atoms with Crippen molar-refractivity contribution in [3.05, 3.63) is 71.3 Å². The van der Waals surface area contributed by atoms with Crippen molar-refractivity contribution < 1.29 is 14.3 Å². The van der Waals surface area contributed by atoms with Crippen molar-refractivity contribution in [2.45, 2.75) is 32.1 Å². The maximum Gasteiger partial charge on any atom is 0.333 e. The molecule has 4 rings (SSSR count). The zero-order chi connectivity index (χ0) is 20.4. The van der Waals surface area contributed by atoms with Crippen LogP contribution in [0.25, 0.3) is 0 Å². The highest BCUT2D eigenvalue weighted by atomic mass is 16.5. The molecule has 2 aromatic carbocycles. The van der Waals surface area contributed by atoms with Gasteiger partial charge in [0.2, 0.25) is 0 Å². The second kappa shape index (κ2) is 7.74. The number of allylic oxidation sites excluding steroid dienone is 1. The Morgan fingerprint density at radius 3 is 2.48 bits per heavy atom. The van der Waals surface area contributed by atoms with Gasteiger partial charge in [-0.25, -0.2) is 4.79 Å². The normalized spacial score (nSPS) is 21.1. The molecule has 0 saturated carbocycles. The van der Waals surface area contributed by atoms with E-state index in [4.69, 9.17) is 10.5 Å². The monoisotopic (exact) mass is 390 g/mol. The number of carbonyl (C=O) groups is 2. The zero-order valence-corrected chi connectivity index (χ0v) is 16.7. The smallest absolute Gasteiger partial charge is 0.333 e. The fourth-order valence-corrected chi connectivity index (χ4v) is 4.53. The first-order chi connectivity index (χ1) is 14.0. The first-order valence-electron chi connectivity index (χ1n) is 10.1. The quantitative estimate of drug-likeness (QED) is 0.618. The van der Waals surface area contributed by atoms with E-state index in [1.807, 2.05) is 23.1 Å². The number of rotatable bonds is 2. The lowest BCUT2D eigenvalue weighted by Gasteiger charge is -2.35. The molecule has 2 N–H and O–H groups in total. The lowest BCUT2D eigenvalue weighted by molar-refractivity contribution is -0.136. The molecule has 0 saturated heterocycles. The number of benzene rings is 2. The molecule has 0 radical (unpaired) electrons. The number of fused-ring (bicyclic) bond motifs is 1. The predicted octanol–water partition coefficient (Wildman–Crippen LogP) is 4.13. The lowest BCUT2D eigenvalue weighted by atomic mass is 9.77. The number of ether oxygens (including phenoxy) is 1. The first kappa shape index (κ1) is 19.2. The maximum atomic E-state index is 13.4. The molecule has 1 amide bonds. The van der Waals surface area contributed by atoms with Gasteiger partial charge in [0.15, 0.2) is 0 Å². The molecule has 1 atom stereocenters. The molecule has 1 unspecified atom stereocenters. The van der Waals surface area contributed by atoms with Gasteiger partial charge in [-0.1, -0.05) is 24.3 Å². The Bertz CT molecular complexity index is 964. The van der Waals surface area contributed by atoms with Crippen LogP contribution in [0.3, 0.4) is 0 Å². The Hall–Kier alpha value is -3.08. The minimum atomic E-state index is -0.237. The summed E-state index contributed by atoms with van der Waals surface area (Å²) in [7, 11) is 1.43. The summed E-state index contributed by atoms with van der Waals surface area (Å²) in [6.45, 7) is 0.602. The van der Waals surface area contributed by atoms with Crippen LogP contribution in [0, 0.1) is 5.41 Å². The standard InChI is InChI=1S/C24H26N2O3/c1-29-23(28)19-11-13-24(16-19)12-10-17-4-2-3-5-21(17)26(15-14-24)22(27)18-6-8-20(25)9-7-18/h2-9,16H,10-15,25H2,1H3. The minimum Gasteiger partial charge on any atom is -0.466 e. The van der Waals surface area contributed by atoms with Gasteiger partial charge in [-0.05, 0) is 73.4 Å². The van der Waals surface area contributed by atoms with Gasteiger partial charge in [0.1, 0.15) is 0 Å². The predicted molar refractivity (Wildman–Crippen MR) is 114 cm³/mol. The third-order valence-electron chi connectivity index (χ3n) is 6.23. The lowest BCUT2D eigenvalue weighted by Crippen LogP contribution is -2.37. The zero-order valence-electron chi connectivity index (χ0n) is 16.7. The summed E-state index contributed by atoms with van der Waals surface area (Å²) in [6, 6.07) is 15.2. The molecular weight excluding hydrogens is 364 g/mol. The van der Waals surface area contributed by atoms with Gasteiger partial charge in [0, 0.05) is 29.1 Å². The van der Waals surface area contributed by atoms with Crippen LogP contribution >= 0.6 is 0 Å². The molecule has 1 aliphatic carbocycles. The number of hydrogen-bond acceptors (Lipinski definition) is 4. The van der Waals surface area contributed by atoms with Crippen LogP contribution in [0.4, 0.5) is 11.4 Å². The van der Waals surface area contributed by atoms with Crippen LogP contribution in [0.15, 0.2) is 60.2 Å². The molecular formula is C24H26N2O3. The van der Waals surface area contributed by atoms with E-state index in [-0.39, 0.29) is 17.3 Å². The second-order valence-corrected chi connectivity index (χ2v) is 7.98. The highest BCUT2D eigenvalue weighted by molar-refractivity contribution is 6.06. The van der Waals surface area contributed by atoms with Crippen molar-refractivity contribution >= 4 is 23.3 Å². The number of nitrogens with two attached hydrogens (primary N) is 1. The van der Waals surface area contributed by atoms with Crippen LogP contribution in [0.5, 0.6) is 0 Å². The van der Waals surface area contributed by atoms with E-state index < -0.39 is 0 Å². The van der Waals surface area contributed by atoms with Gasteiger partial charge < -0.3 is 15.4 Å². The number of carbonyl (C=O) groups excluding carboxylic acids is 2. The molecule has 2 aliphatic rings. The number of anilines is 2. The summed E-state index contributed by atoms with van der Waals surface area (Å²) in [5.74, 6) is -0.260. The van der Waals surface area contributed by atoms with Crippen molar-refractivity contribution in [2.24, 2.45) is 5.41 Å².